The van der Waals surface area contributed by atoms with E-state index >= 15 is 0 Å². The zero-order valence-electron chi connectivity index (χ0n) is 18.1. The maximum Gasteiger partial charge on any atom is 0.261 e. The van der Waals surface area contributed by atoms with E-state index in [1.807, 2.05) is 0 Å². The van der Waals surface area contributed by atoms with Gasteiger partial charge in [-0.1, -0.05) is 19.8 Å². The van der Waals surface area contributed by atoms with E-state index in [4.69, 9.17) is 4.74 Å². The SMILES string of the molecule is CC1CCN(CC2(CNC(=O)c3cc4c(s3)CCCCCC4)CCOCC2)CC1. The third kappa shape index (κ3) is 5.62. The number of piperidine rings is 1. The van der Waals surface area contributed by atoms with Crippen LogP contribution in [0.25, 0.3) is 0 Å². The van der Waals surface area contributed by atoms with Crippen LogP contribution in [0.1, 0.15) is 78.4 Å². The number of carbonyl (C=O) groups excluding carboxylic acids is 1. The predicted molar refractivity (Wildman–Crippen MR) is 120 cm³/mol. The highest BCUT2D eigenvalue weighted by molar-refractivity contribution is 7.14. The molecule has 1 amide bonds. The smallest absolute Gasteiger partial charge is 0.261 e. The maximum atomic E-state index is 13.0. The van der Waals surface area contributed by atoms with Gasteiger partial charge >= 0.3 is 0 Å². The van der Waals surface area contributed by atoms with E-state index < -0.39 is 0 Å². The number of rotatable bonds is 5. The molecule has 2 fully saturated rings. The molecule has 3 heterocycles. The Morgan fingerprint density at radius 2 is 1.90 bits per heavy atom. The van der Waals surface area contributed by atoms with Crippen LogP contribution in [0, 0.1) is 11.3 Å². The first-order valence-corrected chi connectivity index (χ1v) is 12.7. The van der Waals surface area contributed by atoms with Crippen LogP contribution in [0.5, 0.6) is 0 Å². The molecule has 0 spiro atoms. The van der Waals surface area contributed by atoms with Gasteiger partial charge in [0.1, 0.15) is 0 Å². The van der Waals surface area contributed by atoms with Crippen LogP contribution in [-0.4, -0.2) is 50.2 Å². The summed E-state index contributed by atoms with van der Waals surface area (Å²) in [7, 11) is 0. The lowest BCUT2D eigenvalue weighted by Gasteiger charge is -2.43. The minimum Gasteiger partial charge on any atom is -0.381 e. The van der Waals surface area contributed by atoms with Gasteiger partial charge in [-0.25, -0.2) is 0 Å². The Bertz CT molecular complexity index is 647. The highest BCUT2D eigenvalue weighted by Crippen LogP contribution is 2.33. The molecule has 1 N–H and O–H groups in total. The fourth-order valence-corrected chi connectivity index (χ4v) is 6.37. The molecule has 0 bridgehead atoms. The van der Waals surface area contributed by atoms with Crippen LogP contribution in [0.4, 0.5) is 0 Å². The summed E-state index contributed by atoms with van der Waals surface area (Å²) in [5.74, 6) is 0.995. The molecule has 4 nitrogen and oxygen atoms in total. The highest BCUT2D eigenvalue weighted by atomic mass is 32.1. The predicted octanol–water partition coefficient (Wildman–Crippen LogP) is 4.67. The van der Waals surface area contributed by atoms with Crippen molar-refractivity contribution in [3.8, 4) is 0 Å². The molecule has 0 unspecified atom stereocenters. The molecule has 1 aromatic heterocycles. The third-order valence-corrected chi connectivity index (χ3v) is 8.57. The highest BCUT2D eigenvalue weighted by Gasteiger charge is 2.36. The monoisotopic (exact) mass is 418 g/mol. The van der Waals surface area contributed by atoms with Crippen molar-refractivity contribution < 1.29 is 9.53 Å². The second kappa shape index (κ2) is 9.93. The Morgan fingerprint density at radius 3 is 2.66 bits per heavy atom. The normalized spacial score (nSPS) is 23.8. The number of aryl methyl sites for hydroxylation is 2. The summed E-state index contributed by atoms with van der Waals surface area (Å²) in [6.45, 7) is 8.31. The Morgan fingerprint density at radius 1 is 1.17 bits per heavy atom. The molecule has 162 valence electrons. The molecule has 4 rings (SSSR count). The number of thiophene rings is 1. The molecular formula is C24H38N2O2S. The van der Waals surface area contributed by atoms with E-state index in [0.717, 1.165) is 62.8 Å². The zero-order chi connectivity index (χ0) is 20.1. The van der Waals surface area contributed by atoms with Crippen molar-refractivity contribution in [2.75, 3.05) is 39.4 Å². The molecule has 5 heteroatoms. The summed E-state index contributed by atoms with van der Waals surface area (Å²) in [6.07, 6.45) is 12.2. The van der Waals surface area contributed by atoms with Gasteiger partial charge in [-0.15, -0.1) is 11.3 Å². The first-order valence-electron chi connectivity index (χ1n) is 11.8. The number of likely N-dealkylation sites (tertiary alicyclic amines) is 1. The average molecular weight is 419 g/mol. The molecule has 2 saturated heterocycles. The van der Waals surface area contributed by atoms with Gasteiger partial charge in [0.05, 0.1) is 4.88 Å². The lowest BCUT2D eigenvalue weighted by Crippen LogP contribution is -2.50. The molecule has 3 aliphatic rings. The van der Waals surface area contributed by atoms with E-state index in [0.29, 0.717) is 0 Å². The van der Waals surface area contributed by atoms with Crippen molar-refractivity contribution in [2.45, 2.75) is 71.1 Å². The zero-order valence-corrected chi connectivity index (χ0v) is 19.0. The van der Waals surface area contributed by atoms with E-state index in [-0.39, 0.29) is 11.3 Å². The lowest BCUT2D eigenvalue weighted by atomic mass is 9.79. The Balaban J connectivity index is 1.38. The minimum atomic E-state index is 0.139. The van der Waals surface area contributed by atoms with E-state index in [2.05, 4.69) is 23.2 Å². The van der Waals surface area contributed by atoms with Crippen LogP contribution in [0.15, 0.2) is 6.07 Å². The number of ether oxygens (including phenoxy) is 1. The second-order valence-corrected chi connectivity index (χ2v) is 10.9. The minimum absolute atomic E-state index is 0.139. The Hall–Kier alpha value is -0.910. The largest absolute Gasteiger partial charge is 0.381 e. The van der Waals surface area contributed by atoms with Crippen LogP contribution >= 0.6 is 11.3 Å². The van der Waals surface area contributed by atoms with Crippen molar-refractivity contribution in [1.82, 2.24) is 10.2 Å². The van der Waals surface area contributed by atoms with Gasteiger partial charge in [0, 0.05) is 36.6 Å². The van der Waals surface area contributed by atoms with Crippen molar-refractivity contribution in [3.05, 3.63) is 21.4 Å². The summed E-state index contributed by atoms with van der Waals surface area (Å²) in [5.41, 5.74) is 1.60. The Labute approximate surface area is 180 Å². The number of hydrogen-bond donors (Lipinski definition) is 1. The molecule has 0 saturated carbocycles. The van der Waals surface area contributed by atoms with Crippen molar-refractivity contribution in [2.24, 2.45) is 11.3 Å². The number of amides is 1. The summed E-state index contributed by atoms with van der Waals surface area (Å²) < 4.78 is 5.67. The van der Waals surface area contributed by atoms with E-state index in [9.17, 15) is 4.79 Å². The van der Waals surface area contributed by atoms with E-state index in [1.54, 1.807) is 11.3 Å². The number of carbonyl (C=O) groups is 1. The Kier molecular flexibility index (Phi) is 7.30. The van der Waals surface area contributed by atoms with Gasteiger partial charge in [0.25, 0.3) is 5.91 Å². The standard InChI is InChI=1S/C24H38N2O2S/c1-19-8-12-26(13-9-19)18-24(10-14-28-15-11-24)17-25-23(27)22-16-20-6-4-2-3-5-7-21(20)29-22/h16,19H,2-15,17-18H2,1H3,(H,25,27). The van der Waals surface area contributed by atoms with Crippen molar-refractivity contribution in [1.29, 1.82) is 0 Å². The quantitative estimate of drug-likeness (QED) is 0.756. The number of nitrogens with zero attached hydrogens (tertiary/aromatic N) is 1. The van der Waals surface area contributed by atoms with Gasteiger partial charge in [0.2, 0.25) is 0 Å². The molecule has 0 aromatic carbocycles. The molecule has 2 aliphatic heterocycles. The van der Waals surface area contributed by atoms with Crippen LogP contribution in [0.2, 0.25) is 0 Å². The summed E-state index contributed by atoms with van der Waals surface area (Å²) >= 11 is 1.74. The molecule has 0 atom stereocenters. The first kappa shape index (κ1) is 21.3. The number of hydrogen-bond acceptors (Lipinski definition) is 4. The van der Waals surface area contributed by atoms with Gasteiger partial charge in [0.15, 0.2) is 0 Å². The maximum absolute atomic E-state index is 13.0. The van der Waals surface area contributed by atoms with Crippen LogP contribution in [-0.2, 0) is 17.6 Å². The molecule has 29 heavy (non-hydrogen) atoms. The van der Waals surface area contributed by atoms with Gasteiger partial charge in [-0.3, -0.25) is 4.79 Å². The topological polar surface area (TPSA) is 41.6 Å². The molecular weight excluding hydrogens is 380 g/mol. The van der Waals surface area contributed by atoms with Crippen molar-refractivity contribution in [3.63, 3.8) is 0 Å². The van der Waals surface area contributed by atoms with Gasteiger partial charge in [-0.2, -0.15) is 0 Å². The van der Waals surface area contributed by atoms with Crippen molar-refractivity contribution >= 4 is 17.2 Å². The van der Waals surface area contributed by atoms with Crippen LogP contribution in [0.3, 0.4) is 0 Å². The fourth-order valence-electron chi connectivity index (χ4n) is 5.20. The van der Waals surface area contributed by atoms with Crippen LogP contribution < -0.4 is 5.32 Å². The van der Waals surface area contributed by atoms with E-state index in [1.165, 1.54) is 62.1 Å². The number of fused-ring (bicyclic) bond motifs is 1. The average Bonchev–Trinajstić information content (AvgIpc) is 3.11. The third-order valence-electron chi connectivity index (χ3n) is 7.33. The molecule has 1 aliphatic carbocycles. The summed E-state index contributed by atoms with van der Waals surface area (Å²) in [4.78, 5) is 18.0. The fraction of sp³-hybridized carbons (Fsp3) is 0.792. The number of nitrogens with one attached hydrogen (secondary N) is 1. The second-order valence-electron chi connectivity index (χ2n) is 9.73. The summed E-state index contributed by atoms with van der Waals surface area (Å²) in [6, 6.07) is 2.18. The van der Waals surface area contributed by atoms with Gasteiger partial charge < -0.3 is 15.0 Å². The van der Waals surface area contributed by atoms with Gasteiger partial charge in [-0.05, 0) is 82.0 Å². The lowest BCUT2D eigenvalue weighted by molar-refractivity contribution is -0.00872. The summed E-state index contributed by atoms with van der Waals surface area (Å²) in [5, 5.41) is 3.34. The molecule has 1 aromatic rings. The first-order chi connectivity index (χ1) is 14.1. The molecule has 0 radical (unpaired) electrons.